The van der Waals surface area contributed by atoms with Crippen LogP contribution in [0.5, 0.6) is 11.5 Å². The molecule has 1 aliphatic heterocycles. The number of rotatable bonds is 6. The van der Waals surface area contributed by atoms with Crippen molar-refractivity contribution >= 4 is 16.9 Å². The van der Waals surface area contributed by atoms with Crippen molar-refractivity contribution in [1.29, 1.82) is 5.26 Å². The van der Waals surface area contributed by atoms with E-state index in [1.165, 1.54) is 0 Å². The molecular formula is C30H26N2O5. The summed E-state index contributed by atoms with van der Waals surface area (Å²) in [6, 6.07) is 18.6. The van der Waals surface area contributed by atoms with Crippen LogP contribution in [0, 0.1) is 18.3 Å². The highest BCUT2D eigenvalue weighted by atomic mass is 16.6. The molecule has 0 saturated carbocycles. The highest BCUT2D eigenvalue weighted by Crippen LogP contribution is 2.42. The zero-order valence-corrected chi connectivity index (χ0v) is 20.5. The van der Waals surface area contributed by atoms with Crippen molar-refractivity contribution in [2.24, 2.45) is 0 Å². The molecule has 1 aromatic heterocycles. The van der Waals surface area contributed by atoms with E-state index in [9.17, 15) is 10.1 Å². The van der Waals surface area contributed by atoms with Gasteiger partial charge in [-0.15, -0.1) is 0 Å². The molecule has 1 atom stereocenters. The quantitative estimate of drug-likeness (QED) is 0.351. The number of nitriles is 1. The molecule has 2 aliphatic rings. The first kappa shape index (κ1) is 23.1. The minimum Gasteiger partial charge on any atom is -0.486 e. The third-order valence-electron chi connectivity index (χ3n) is 7.30. The Hall–Kier alpha value is -4.28. The molecule has 0 radical (unpaired) electrons. The SMILES string of the molecule is Cc1c(-c2ccc3c(c2)OCCO3)cccc1-c1cc2cc3c(c(C#N)c2o1)CCC3NCCC(=O)O. The van der Waals surface area contributed by atoms with Gasteiger partial charge in [0.25, 0.3) is 0 Å². The molecule has 2 heterocycles. The normalized spacial score (nSPS) is 15.9. The van der Waals surface area contributed by atoms with Crippen LogP contribution >= 0.6 is 0 Å². The van der Waals surface area contributed by atoms with E-state index in [1.54, 1.807) is 0 Å². The van der Waals surface area contributed by atoms with Crippen LogP contribution in [-0.4, -0.2) is 30.8 Å². The van der Waals surface area contributed by atoms with Gasteiger partial charge >= 0.3 is 5.97 Å². The van der Waals surface area contributed by atoms with Gasteiger partial charge in [-0.1, -0.05) is 24.3 Å². The van der Waals surface area contributed by atoms with Gasteiger partial charge in [-0.25, -0.2) is 0 Å². The number of carboxylic acid groups (broad SMARTS) is 1. The van der Waals surface area contributed by atoms with E-state index in [2.05, 4.69) is 30.4 Å². The van der Waals surface area contributed by atoms with Gasteiger partial charge in [-0.3, -0.25) is 4.79 Å². The van der Waals surface area contributed by atoms with Crippen LogP contribution in [0.4, 0.5) is 0 Å². The van der Waals surface area contributed by atoms with Crippen LogP contribution in [0.2, 0.25) is 0 Å². The maximum atomic E-state index is 10.9. The first-order chi connectivity index (χ1) is 18.0. The van der Waals surface area contributed by atoms with E-state index in [1.807, 2.05) is 36.4 Å². The summed E-state index contributed by atoms with van der Waals surface area (Å²) in [5, 5.41) is 23.2. The minimum atomic E-state index is -0.827. The monoisotopic (exact) mass is 494 g/mol. The van der Waals surface area contributed by atoms with Gasteiger partial charge < -0.3 is 24.3 Å². The predicted octanol–water partition coefficient (Wildman–Crippen LogP) is 5.77. The van der Waals surface area contributed by atoms with Crippen LogP contribution in [-0.2, 0) is 11.2 Å². The fourth-order valence-electron chi connectivity index (χ4n) is 5.51. The Labute approximate surface area is 214 Å². The second-order valence-corrected chi connectivity index (χ2v) is 9.49. The Morgan fingerprint density at radius 1 is 1.11 bits per heavy atom. The summed E-state index contributed by atoms with van der Waals surface area (Å²) < 4.78 is 17.8. The molecule has 2 N–H and O–H groups in total. The zero-order valence-electron chi connectivity index (χ0n) is 20.5. The van der Waals surface area contributed by atoms with Crippen LogP contribution in [0.15, 0.2) is 52.9 Å². The average molecular weight is 495 g/mol. The Kier molecular flexibility index (Phi) is 5.82. The smallest absolute Gasteiger partial charge is 0.304 e. The van der Waals surface area contributed by atoms with E-state index in [-0.39, 0.29) is 12.5 Å². The van der Waals surface area contributed by atoms with E-state index in [0.717, 1.165) is 63.1 Å². The number of ether oxygens (including phenoxy) is 2. The summed E-state index contributed by atoms with van der Waals surface area (Å²) in [7, 11) is 0. The fraction of sp³-hybridized carbons (Fsp3) is 0.267. The topological polar surface area (TPSA) is 105 Å². The molecule has 6 rings (SSSR count). The van der Waals surface area contributed by atoms with E-state index in [0.29, 0.717) is 36.7 Å². The summed E-state index contributed by atoms with van der Waals surface area (Å²) in [4.78, 5) is 10.9. The van der Waals surface area contributed by atoms with Crippen molar-refractivity contribution in [1.82, 2.24) is 5.32 Å². The third kappa shape index (κ3) is 4.09. The van der Waals surface area contributed by atoms with Crippen LogP contribution in [0.1, 0.15) is 41.1 Å². The molecule has 4 aromatic rings. The lowest BCUT2D eigenvalue weighted by Crippen LogP contribution is -2.22. The number of hydrogen-bond donors (Lipinski definition) is 2. The Morgan fingerprint density at radius 2 is 1.92 bits per heavy atom. The number of furan rings is 1. The molecule has 1 unspecified atom stereocenters. The second-order valence-electron chi connectivity index (χ2n) is 9.49. The molecule has 37 heavy (non-hydrogen) atoms. The van der Waals surface area contributed by atoms with Gasteiger partial charge in [0.2, 0.25) is 0 Å². The maximum Gasteiger partial charge on any atom is 0.304 e. The summed E-state index contributed by atoms with van der Waals surface area (Å²) in [5.41, 5.74) is 7.36. The van der Waals surface area contributed by atoms with Gasteiger partial charge in [-0.2, -0.15) is 5.26 Å². The van der Waals surface area contributed by atoms with E-state index < -0.39 is 5.97 Å². The Balaban J connectivity index is 1.38. The number of nitrogens with one attached hydrogen (secondary N) is 1. The number of hydrogen-bond acceptors (Lipinski definition) is 6. The zero-order chi connectivity index (χ0) is 25.5. The van der Waals surface area contributed by atoms with Gasteiger partial charge in [0.05, 0.1) is 12.0 Å². The summed E-state index contributed by atoms with van der Waals surface area (Å²) >= 11 is 0. The lowest BCUT2D eigenvalue weighted by Gasteiger charge is -2.19. The van der Waals surface area contributed by atoms with Crippen LogP contribution in [0.3, 0.4) is 0 Å². The molecule has 0 saturated heterocycles. The molecule has 7 nitrogen and oxygen atoms in total. The molecular weight excluding hydrogens is 468 g/mol. The van der Waals surface area contributed by atoms with Gasteiger partial charge in [0.1, 0.15) is 25.0 Å². The predicted molar refractivity (Wildman–Crippen MR) is 139 cm³/mol. The van der Waals surface area contributed by atoms with Crippen molar-refractivity contribution in [3.05, 3.63) is 70.8 Å². The van der Waals surface area contributed by atoms with Gasteiger partial charge in [0, 0.05) is 23.5 Å². The first-order valence-electron chi connectivity index (χ1n) is 12.5. The Bertz CT molecular complexity index is 1580. The molecule has 3 aromatic carbocycles. The fourth-order valence-corrected chi connectivity index (χ4v) is 5.51. The van der Waals surface area contributed by atoms with Crippen molar-refractivity contribution < 1.29 is 23.8 Å². The molecule has 7 heteroatoms. The van der Waals surface area contributed by atoms with Gasteiger partial charge in [0.15, 0.2) is 17.1 Å². The van der Waals surface area contributed by atoms with E-state index in [4.69, 9.17) is 19.0 Å². The Morgan fingerprint density at radius 3 is 2.73 bits per heavy atom. The number of carbonyl (C=O) groups is 1. The lowest BCUT2D eigenvalue weighted by molar-refractivity contribution is -0.136. The number of benzene rings is 3. The average Bonchev–Trinajstić information content (AvgIpc) is 3.51. The maximum absolute atomic E-state index is 10.9. The highest BCUT2D eigenvalue weighted by Gasteiger charge is 2.28. The third-order valence-corrected chi connectivity index (χ3v) is 7.30. The van der Waals surface area contributed by atoms with E-state index >= 15 is 0 Å². The van der Waals surface area contributed by atoms with Crippen molar-refractivity contribution in [3.63, 3.8) is 0 Å². The molecule has 1 aliphatic carbocycles. The van der Waals surface area contributed by atoms with Crippen molar-refractivity contribution in [3.8, 4) is 40.0 Å². The summed E-state index contributed by atoms with van der Waals surface area (Å²) in [6.07, 6.45) is 1.65. The second kappa shape index (κ2) is 9.30. The van der Waals surface area contributed by atoms with Crippen molar-refractivity contribution in [2.75, 3.05) is 19.8 Å². The molecule has 0 amide bonds. The number of fused-ring (bicyclic) bond motifs is 3. The number of aliphatic carboxylic acids is 1. The molecule has 186 valence electrons. The number of carboxylic acids is 1. The summed E-state index contributed by atoms with van der Waals surface area (Å²) in [5.74, 6) is 1.39. The summed E-state index contributed by atoms with van der Waals surface area (Å²) in [6.45, 7) is 3.56. The number of nitrogens with zero attached hydrogens (tertiary/aromatic N) is 1. The standard InChI is InChI=1S/C30H26N2O5/c1-17-20(18-5-8-26-28(14-18)36-12-11-35-26)3-2-4-21(17)27-15-19-13-23-22(24(16-31)30(19)37-27)6-7-25(23)32-10-9-29(33)34/h2-5,8,13-15,25,32H,6-7,9-12H2,1H3,(H,33,34). The molecule has 0 fully saturated rings. The first-order valence-corrected chi connectivity index (χ1v) is 12.5. The molecule has 0 spiro atoms. The lowest BCUT2D eigenvalue weighted by atomic mass is 9.95. The highest BCUT2D eigenvalue weighted by molar-refractivity contribution is 5.91. The van der Waals surface area contributed by atoms with Gasteiger partial charge in [-0.05, 0) is 71.8 Å². The largest absolute Gasteiger partial charge is 0.486 e. The minimum absolute atomic E-state index is 0.0319. The molecule has 0 bridgehead atoms. The van der Waals surface area contributed by atoms with Crippen LogP contribution in [0.25, 0.3) is 33.4 Å². The van der Waals surface area contributed by atoms with Crippen LogP contribution < -0.4 is 14.8 Å². The van der Waals surface area contributed by atoms with Crippen molar-refractivity contribution in [2.45, 2.75) is 32.2 Å².